The van der Waals surface area contributed by atoms with E-state index in [1.165, 1.54) is 31.4 Å². The molecule has 0 spiro atoms. The van der Waals surface area contributed by atoms with Gasteiger partial charge in [0.25, 0.3) is 0 Å². The molecule has 0 radical (unpaired) electrons. The van der Waals surface area contributed by atoms with Crippen molar-refractivity contribution >= 4 is 0 Å². The predicted octanol–water partition coefficient (Wildman–Crippen LogP) is 4.49. The van der Waals surface area contributed by atoms with E-state index < -0.39 is 17.7 Å². The highest BCUT2D eigenvalue weighted by molar-refractivity contribution is 5.31. The van der Waals surface area contributed by atoms with Crippen LogP contribution < -0.4 is 5.73 Å². The molecule has 1 nitrogen and oxygen atoms in total. The second-order valence-electron chi connectivity index (χ2n) is 7.85. The maximum Gasteiger partial charge on any atom is 0.133 e. The summed E-state index contributed by atoms with van der Waals surface area (Å²) in [4.78, 5) is 0. The van der Waals surface area contributed by atoms with Crippen LogP contribution in [-0.2, 0) is 0 Å². The summed E-state index contributed by atoms with van der Waals surface area (Å²) in [5.41, 5.74) is 7.05. The highest BCUT2D eigenvalue weighted by atomic mass is 19.1. The van der Waals surface area contributed by atoms with E-state index in [1.54, 1.807) is 6.92 Å². The van der Waals surface area contributed by atoms with Gasteiger partial charge in [0.1, 0.15) is 11.6 Å². The summed E-state index contributed by atoms with van der Waals surface area (Å²) in [5, 5.41) is 0. The van der Waals surface area contributed by atoms with E-state index in [1.807, 2.05) is 0 Å². The van der Waals surface area contributed by atoms with E-state index in [0.29, 0.717) is 5.56 Å². The van der Waals surface area contributed by atoms with Crippen molar-refractivity contribution in [1.82, 2.24) is 0 Å². The molecule has 114 valence electrons. The lowest BCUT2D eigenvalue weighted by Gasteiger charge is -2.59. The third-order valence-corrected chi connectivity index (χ3v) is 6.38. The molecule has 0 heterocycles. The zero-order valence-electron chi connectivity index (χ0n) is 12.5. The molecular weight excluding hydrogens is 268 g/mol. The Morgan fingerprint density at radius 1 is 1.05 bits per heavy atom. The Hall–Kier alpha value is -0.960. The maximum absolute atomic E-state index is 14.5. The Balaban J connectivity index is 1.75. The first-order chi connectivity index (χ1) is 9.98. The molecule has 2 N–H and O–H groups in total. The summed E-state index contributed by atoms with van der Waals surface area (Å²) in [6.45, 7) is 1.69. The van der Waals surface area contributed by atoms with E-state index in [0.717, 1.165) is 37.0 Å². The Labute approximate surface area is 124 Å². The Bertz CT molecular complexity index is 546. The third kappa shape index (κ3) is 1.97. The van der Waals surface area contributed by atoms with Crippen LogP contribution >= 0.6 is 0 Å². The molecule has 5 rings (SSSR count). The molecule has 4 saturated carbocycles. The average Bonchev–Trinajstić information content (AvgIpc) is 2.42. The van der Waals surface area contributed by atoms with E-state index in [9.17, 15) is 8.78 Å². The normalized spacial score (nSPS) is 38.8. The maximum atomic E-state index is 14.5. The lowest BCUT2D eigenvalue weighted by Crippen LogP contribution is -2.51. The first-order valence-corrected chi connectivity index (χ1v) is 8.18. The van der Waals surface area contributed by atoms with Crippen molar-refractivity contribution in [3.05, 3.63) is 34.9 Å². The van der Waals surface area contributed by atoms with Crippen LogP contribution in [0.15, 0.2) is 12.1 Å². The Morgan fingerprint density at radius 3 is 2.10 bits per heavy atom. The van der Waals surface area contributed by atoms with Gasteiger partial charge in [-0.2, -0.15) is 0 Å². The zero-order chi connectivity index (χ0) is 14.8. The molecule has 1 aromatic rings. The van der Waals surface area contributed by atoms with Crippen LogP contribution in [-0.4, -0.2) is 0 Å². The van der Waals surface area contributed by atoms with Crippen LogP contribution in [0.4, 0.5) is 8.78 Å². The molecule has 4 aliphatic rings. The molecule has 0 amide bonds. The smallest absolute Gasteiger partial charge is 0.133 e. The SMILES string of the molecule is Cc1ccc(F)c(C(N)C23CC4CC(CC(C4)C2)C3)c1F. The van der Waals surface area contributed by atoms with Gasteiger partial charge in [-0.3, -0.25) is 0 Å². The van der Waals surface area contributed by atoms with Crippen LogP contribution in [0.1, 0.15) is 55.7 Å². The minimum Gasteiger partial charge on any atom is -0.323 e. The van der Waals surface area contributed by atoms with Crippen molar-refractivity contribution < 1.29 is 8.78 Å². The molecule has 1 aromatic carbocycles. The van der Waals surface area contributed by atoms with Gasteiger partial charge in [-0.15, -0.1) is 0 Å². The average molecular weight is 291 g/mol. The quantitative estimate of drug-likeness (QED) is 0.853. The van der Waals surface area contributed by atoms with Gasteiger partial charge in [0.05, 0.1) is 0 Å². The fraction of sp³-hybridized carbons (Fsp3) is 0.667. The molecule has 0 aliphatic heterocycles. The number of hydrogen-bond acceptors (Lipinski definition) is 1. The summed E-state index contributed by atoms with van der Waals surface area (Å²) in [5.74, 6) is 1.30. The van der Waals surface area contributed by atoms with Gasteiger partial charge in [-0.1, -0.05) is 6.07 Å². The number of rotatable bonds is 2. The van der Waals surface area contributed by atoms with Gasteiger partial charge in [-0.05, 0) is 80.2 Å². The number of hydrogen-bond donors (Lipinski definition) is 1. The third-order valence-electron chi connectivity index (χ3n) is 6.38. The van der Waals surface area contributed by atoms with Gasteiger partial charge in [0.2, 0.25) is 0 Å². The number of benzene rings is 1. The predicted molar refractivity (Wildman–Crippen MR) is 78.6 cm³/mol. The lowest BCUT2D eigenvalue weighted by atomic mass is 9.47. The molecule has 4 fully saturated rings. The fourth-order valence-electron chi connectivity index (χ4n) is 5.83. The van der Waals surface area contributed by atoms with E-state index in [2.05, 4.69) is 0 Å². The second-order valence-corrected chi connectivity index (χ2v) is 7.85. The molecule has 4 aliphatic carbocycles. The van der Waals surface area contributed by atoms with Crippen LogP contribution in [0, 0.1) is 41.7 Å². The van der Waals surface area contributed by atoms with Gasteiger partial charge in [0.15, 0.2) is 0 Å². The number of halogens is 2. The van der Waals surface area contributed by atoms with Gasteiger partial charge in [-0.25, -0.2) is 8.78 Å². The standard InChI is InChI=1S/C18H23F2N/c1-10-2-3-14(19)15(16(10)20)17(21)18-7-11-4-12(8-18)6-13(5-11)9-18/h2-3,11-13,17H,4-9,21H2,1H3. The minimum absolute atomic E-state index is 0.0653. The molecule has 21 heavy (non-hydrogen) atoms. The van der Waals surface area contributed by atoms with Crippen LogP contribution in [0.5, 0.6) is 0 Å². The van der Waals surface area contributed by atoms with Crippen molar-refractivity contribution in [3.63, 3.8) is 0 Å². The monoisotopic (exact) mass is 291 g/mol. The first kappa shape index (κ1) is 13.7. The Morgan fingerprint density at radius 2 is 1.57 bits per heavy atom. The van der Waals surface area contributed by atoms with Crippen molar-refractivity contribution in [2.24, 2.45) is 28.9 Å². The second kappa shape index (κ2) is 4.52. The zero-order valence-corrected chi connectivity index (χ0v) is 12.5. The molecule has 0 aromatic heterocycles. The number of nitrogens with two attached hydrogens (primary N) is 1. The molecule has 1 atom stereocenters. The van der Waals surface area contributed by atoms with Crippen LogP contribution in [0.3, 0.4) is 0 Å². The molecule has 0 saturated heterocycles. The highest BCUT2D eigenvalue weighted by Gasteiger charge is 2.54. The topological polar surface area (TPSA) is 26.0 Å². The van der Waals surface area contributed by atoms with Crippen molar-refractivity contribution in [2.45, 2.75) is 51.5 Å². The van der Waals surface area contributed by atoms with Crippen molar-refractivity contribution in [2.75, 3.05) is 0 Å². The lowest BCUT2D eigenvalue weighted by molar-refractivity contribution is -0.0688. The van der Waals surface area contributed by atoms with Crippen molar-refractivity contribution in [1.29, 1.82) is 0 Å². The summed E-state index contributed by atoms with van der Waals surface area (Å²) < 4.78 is 28.7. The summed E-state index contributed by atoms with van der Waals surface area (Å²) in [7, 11) is 0. The summed E-state index contributed by atoms with van der Waals surface area (Å²) in [6, 6.07) is 2.38. The van der Waals surface area contributed by atoms with Crippen molar-refractivity contribution in [3.8, 4) is 0 Å². The van der Waals surface area contributed by atoms with Gasteiger partial charge >= 0.3 is 0 Å². The van der Waals surface area contributed by atoms with Crippen LogP contribution in [0.25, 0.3) is 0 Å². The van der Waals surface area contributed by atoms with E-state index in [4.69, 9.17) is 5.73 Å². The molecular formula is C18H23F2N. The highest BCUT2D eigenvalue weighted by Crippen LogP contribution is 2.63. The fourth-order valence-corrected chi connectivity index (χ4v) is 5.83. The summed E-state index contributed by atoms with van der Waals surface area (Å²) in [6.07, 6.45) is 7.12. The van der Waals surface area contributed by atoms with E-state index >= 15 is 0 Å². The Kier molecular flexibility index (Phi) is 2.94. The largest absolute Gasteiger partial charge is 0.323 e. The van der Waals surface area contributed by atoms with Gasteiger partial charge in [0, 0.05) is 11.6 Å². The van der Waals surface area contributed by atoms with Gasteiger partial charge < -0.3 is 5.73 Å². The van der Waals surface area contributed by atoms with Crippen LogP contribution in [0.2, 0.25) is 0 Å². The first-order valence-electron chi connectivity index (χ1n) is 8.18. The molecule has 4 bridgehead atoms. The minimum atomic E-state index is -0.495. The molecule has 3 heteroatoms. The van der Waals surface area contributed by atoms with E-state index in [-0.39, 0.29) is 11.0 Å². The molecule has 1 unspecified atom stereocenters. The summed E-state index contributed by atoms with van der Waals surface area (Å²) >= 11 is 0. The number of aryl methyl sites for hydroxylation is 1.